The fraction of sp³-hybridized carbons (Fsp3) is 0.143. The van der Waals surface area contributed by atoms with Gasteiger partial charge < -0.3 is 5.32 Å². The molecule has 0 unspecified atom stereocenters. The second-order valence-electron chi connectivity index (χ2n) is 1.85. The number of hydrogen-bond donors (Lipinski definition) is 1. The van der Waals surface area contributed by atoms with Gasteiger partial charge in [-0.15, -0.1) is 11.3 Å². The molecule has 3 nitrogen and oxygen atoms in total. The minimum atomic E-state index is -0.163. The van der Waals surface area contributed by atoms with Gasteiger partial charge in [0, 0.05) is 5.38 Å². The fourth-order valence-corrected chi connectivity index (χ4v) is 1.09. The van der Waals surface area contributed by atoms with E-state index in [-0.39, 0.29) is 5.91 Å². The number of allylic oxidation sites excluding steroid dienone is 1. The standard InChI is InChI=1S/C7H8N2OS/c1-2-3-8-7(10)6-4-11-5-9-6/h2-5H,1H3,(H,8,10). The number of rotatable bonds is 2. The zero-order valence-electron chi connectivity index (χ0n) is 6.07. The number of nitrogens with one attached hydrogen (secondary N) is 1. The number of hydrogen-bond acceptors (Lipinski definition) is 3. The first-order chi connectivity index (χ1) is 5.34. The minimum Gasteiger partial charge on any atom is -0.328 e. The van der Waals surface area contributed by atoms with Crippen molar-refractivity contribution < 1.29 is 4.79 Å². The van der Waals surface area contributed by atoms with Crippen molar-refractivity contribution in [1.82, 2.24) is 10.3 Å². The third-order valence-electron chi connectivity index (χ3n) is 1.05. The lowest BCUT2D eigenvalue weighted by molar-refractivity contribution is 0.0966. The van der Waals surface area contributed by atoms with Gasteiger partial charge in [0.15, 0.2) is 0 Å². The molecule has 4 heteroatoms. The summed E-state index contributed by atoms with van der Waals surface area (Å²) < 4.78 is 0. The highest BCUT2D eigenvalue weighted by atomic mass is 32.1. The maximum absolute atomic E-state index is 11.0. The zero-order chi connectivity index (χ0) is 8.10. The second kappa shape index (κ2) is 3.88. The molecule has 1 N–H and O–H groups in total. The topological polar surface area (TPSA) is 42.0 Å². The first-order valence-corrected chi connectivity index (χ1v) is 4.09. The van der Waals surface area contributed by atoms with Crippen molar-refractivity contribution in [1.29, 1.82) is 0 Å². The molecular formula is C7H8N2OS. The van der Waals surface area contributed by atoms with Gasteiger partial charge in [0.2, 0.25) is 0 Å². The Balaban J connectivity index is 2.56. The van der Waals surface area contributed by atoms with E-state index in [2.05, 4.69) is 10.3 Å². The smallest absolute Gasteiger partial charge is 0.274 e. The summed E-state index contributed by atoms with van der Waals surface area (Å²) in [6.07, 6.45) is 3.34. The van der Waals surface area contributed by atoms with Crippen LogP contribution in [-0.4, -0.2) is 10.9 Å². The summed E-state index contributed by atoms with van der Waals surface area (Å²) in [4.78, 5) is 14.9. The van der Waals surface area contributed by atoms with Crippen LogP contribution in [0.1, 0.15) is 17.4 Å². The Kier molecular flexibility index (Phi) is 2.80. The normalized spacial score (nSPS) is 10.3. The van der Waals surface area contributed by atoms with Gasteiger partial charge in [-0.1, -0.05) is 6.08 Å². The van der Waals surface area contributed by atoms with Crippen LogP contribution in [0.4, 0.5) is 0 Å². The highest BCUT2D eigenvalue weighted by Crippen LogP contribution is 1.99. The van der Waals surface area contributed by atoms with Crippen LogP contribution in [0.5, 0.6) is 0 Å². The highest BCUT2D eigenvalue weighted by Gasteiger charge is 2.03. The first-order valence-electron chi connectivity index (χ1n) is 3.15. The van der Waals surface area contributed by atoms with E-state index in [1.54, 1.807) is 23.2 Å². The van der Waals surface area contributed by atoms with Gasteiger partial charge in [0.1, 0.15) is 5.69 Å². The third-order valence-corrected chi connectivity index (χ3v) is 1.63. The molecule has 0 fully saturated rings. The number of carbonyl (C=O) groups excluding carboxylic acids is 1. The van der Waals surface area contributed by atoms with Gasteiger partial charge in [-0.3, -0.25) is 4.79 Å². The van der Waals surface area contributed by atoms with E-state index in [4.69, 9.17) is 0 Å². The van der Waals surface area contributed by atoms with Gasteiger partial charge in [-0.2, -0.15) is 0 Å². The molecule has 0 spiro atoms. The average molecular weight is 168 g/mol. The van der Waals surface area contributed by atoms with Gasteiger partial charge in [0.05, 0.1) is 5.51 Å². The lowest BCUT2D eigenvalue weighted by atomic mass is 10.4. The molecule has 0 aliphatic carbocycles. The third kappa shape index (κ3) is 2.16. The molecule has 0 aliphatic rings. The van der Waals surface area contributed by atoms with Gasteiger partial charge in [0.25, 0.3) is 5.91 Å². The quantitative estimate of drug-likeness (QED) is 0.725. The molecule has 58 valence electrons. The molecule has 0 bridgehead atoms. The second-order valence-corrected chi connectivity index (χ2v) is 2.57. The summed E-state index contributed by atoms with van der Waals surface area (Å²) in [5, 5.41) is 4.27. The van der Waals surface area contributed by atoms with E-state index in [0.717, 1.165) is 0 Å². The summed E-state index contributed by atoms with van der Waals surface area (Å²) in [6, 6.07) is 0. The van der Waals surface area contributed by atoms with Gasteiger partial charge in [-0.25, -0.2) is 4.98 Å². The summed E-state index contributed by atoms with van der Waals surface area (Å²) in [7, 11) is 0. The lowest BCUT2D eigenvalue weighted by Crippen LogP contribution is -2.16. The van der Waals surface area contributed by atoms with Gasteiger partial charge >= 0.3 is 0 Å². The van der Waals surface area contributed by atoms with E-state index < -0.39 is 0 Å². The van der Waals surface area contributed by atoms with Crippen LogP contribution in [0.25, 0.3) is 0 Å². The minimum absolute atomic E-state index is 0.163. The Bertz CT molecular complexity index is 253. The van der Waals surface area contributed by atoms with Crippen LogP contribution in [0, 0.1) is 0 Å². The Hall–Kier alpha value is -1.16. The molecule has 0 saturated carbocycles. The van der Waals surface area contributed by atoms with Crippen LogP contribution in [0.15, 0.2) is 23.2 Å². The van der Waals surface area contributed by atoms with Crippen LogP contribution < -0.4 is 5.32 Å². The highest BCUT2D eigenvalue weighted by molar-refractivity contribution is 7.07. The first kappa shape index (κ1) is 7.94. The monoisotopic (exact) mass is 168 g/mol. The van der Waals surface area contributed by atoms with E-state index in [1.807, 2.05) is 6.92 Å². The molecular weight excluding hydrogens is 160 g/mol. The Morgan fingerprint density at radius 2 is 2.64 bits per heavy atom. The van der Waals surface area contributed by atoms with Gasteiger partial charge in [-0.05, 0) is 13.1 Å². The fourth-order valence-electron chi connectivity index (χ4n) is 0.558. The number of amides is 1. The maximum atomic E-state index is 11.0. The van der Waals surface area contributed by atoms with Crippen LogP contribution in [-0.2, 0) is 0 Å². The summed E-state index contributed by atoms with van der Waals surface area (Å²) >= 11 is 1.41. The van der Waals surface area contributed by atoms with Crippen molar-refractivity contribution in [2.45, 2.75) is 6.92 Å². The average Bonchev–Trinajstić information content (AvgIpc) is 2.52. The van der Waals surface area contributed by atoms with E-state index in [0.29, 0.717) is 5.69 Å². The van der Waals surface area contributed by atoms with Crippen molar-refractivity contribution in [3.8, 4) is 0 Å². The van der Waals surface area contributed by atoms with Crippen molar-refractivity contribution in [2.75, 3.05) is 0 Å². The lowest BCUT2D eigenvalue weighted by Gasteiger charge is -1.92. The molecule has 1 amide bonds. The van der Waals surface area contributed by atoms with Crippen LogP contribution in [0.3, 0.4) is 0 Å². The maximum Gasteiger partial charge on any atom is 0.274 e. The van der Waals surface area contributed by atoms with Crippen LogP contribution in [0.2, 0.25) is 0 Å². The predicted octanol–water partition coefficient (Wildman–Crippen LogP) is 1.41. The predicted molar refractivity (Wildman–Crippen MR) is 44.4 cm³/mol. The number of carbonyl (C=O) groups is 1. The van der Waals surface area contributed by atoms with Crippen molar-refractivity contribution in [2.24, 2.45) is 0 Å². The number of aromatic nitrogens is 1. The molecule has 0 atom stereocenters. The molecule has 0 aliphatic heterocycles. The van der Waals surface area contributed by atoms with Crippen molar-refractivity contribution in [3.05, 3.63) is 28.9 Å². The molecule has 1 aromatic rings. The van der Waals surface area contributed by atoms with Crippen LogP contribution >= 0.6 is 11.3 Å². The summed E-state index contributed by atoms with van der Waals surface area (Å²) in [5.74, 6) is -0.163. The summed E-state index contributed by atoms with van der Waals surface area (Å²) in [5.41, 5.74) is 2.10. The van der Waals surface area contributed by atoms with E-state index >= 15 is 0 Å². The molecule has 0 saturated heterocycles. The van der Waals surface area contributed by atoms with E-state index in [9.17, 15) is 4.79 Å². The number of thiazole rings is 1. The molecule has 0 aromatic carbocycles. The van der Waals surface area contributed by atoms with Crippen molar-refractivity contribution in [3.63, 3.8) is 0 Å². The molecule has 11 heavy (non-hydrogen) atoms. The molecule has 1 rings (SSSR count). The number of nitrogens with zero attached hydrogens (tertiary/aromatic N) is 1. The molecule has 0 radical (unpaired) electrons. The SMILES string of the molecule is CC=CNC(=O)c1cscn1. The Morgan fingerprint density at radius 3 is 3.18 bits per heavy atom. The van der Waals surface area contributed by atoms with E-state index in [1.165, 1.54) is 11.3 Å². The summed E-state index contributed by atoms with van der Waals surface area (Å²) in [6.45, 7) is 1.83. The Morgan fingerprint density at radius 1 is 1.82 bits per heavy atom. The Labute approximate surface area is 68.8 Å². The molecule has 1 aromatic heterocycles. The van der Waals surface area contributed by atoms with Crippen molar-refractivity contribution >= 4 is 17.2 Å². The molecule has 1 heterocycles. The zero-order valence-corrected chi connectivity index (χ0v) is 6.89. The largest absolute Gasteiger partial charge is 0.328 e.